The lowest BCUT2D eigenvalue weighted by atomic mass is 9.98. The van der Waals surface area contributed by atoms with E-state index in [0.717, 1.165) is 6.08 Å². The first kappa shape index (κ1) is 16.1. The summed E-state index contributed by atoms with van der Waals surface area (Å²) >= 11 is 0. The van der Waals surface area contributed by atoms with Gasteiger partial charge in [0.2, 0.25) is 0 Å². The highest BCUT2D eigenvalue weighted by Gasteiger charge is 2.21. The predicted molar refractivity (Wildman–Crippen MR) is 67.1 cm³/mol. The highest BCUT2D eigenvalue weighted by Crippen LogP contribution is 2.12. The van der Waals surface area contributed by atoms with Crippen molar-refractivity contribution in [2.24, 2.45) is 5.92 Å². The minimum atomic E-state index is -1.07. The van der Waals surface area contributed by atoms with E-state index in [9.17, 15) is 14.7 Å². The number of carbonyl (C=O) groups is 2. The van der Waals surface area contributed by atoms with Crippen LogP contribution in [0.5, 0.6) is 0 Å². The Morgan fingerprint density at radius 1 is 1.17 bits per heavy atom. The van der Waals surface area contributed by atoms with Gasteiger partial charge in [-0.05, 0) is 31.9 Å². The van der Waals surface area contributed by atoms with E-state index in [1.54, 1.807) is 32.1 Å². The molecule has 0 aromatic carbocycles. The van der Waals surface area contributed by atoms with E-state index in [2.05, 4.69) is 0 Å². The molecule has 0 fully saturated rings. The third-order valence-electron chi connectivity index (χ3n) is 2.40. The lowest BCUT2D eigenvalue weighted by Crippen LogP contribution is -2.26. The third-order valence-corrected chi connectivity index (χ3v) is 2.40. The fourth-order valence-corrected chi connectivity index (χ4v) is 1.22. The van der Waals surface area contributed by atoms with Crippen LogP contribution in [0.4, 0.5) is 0 Å². The maximum absolute atomic E-state index is 10.7. The molecule has 0 aliphatic carbocycles. The smallest absolute Gasteiger partial charge is 0.328 e. The van der Waals surface area contributed by atoms with Crippen molar-refractivity contribution in [2.45, 2.75) is 26.9 Å². The van der Waals surface area contributed by atoms with Crippen LogP contribution in [-0.2, 0) is 9.59 Å². The van der Waals surface area contributed by atoms with Crippen LogP contribution in [-0.4, -0.2) is 33.4 Å². The molecule has 18 heavy (non-hydrogen) atoms. The molecule has 5 nitrogen and oxygen atoms in total. The number of carboxylic acid groups (broad SMARTS) is 2. The molecule has 100 valence electrons. The summed E-state index contributed by atoms with van der Waals surface area (Å²) in [5.74, 6) is -2.98. The molecule has 3 N–H and O–H groups in total. The SMILES string of the molecule is CC(C=CC=C(C)C(O)C(C)C(=O)O)=CC(=O)O. The van der Waals surface area contributed by atoms with Crippen molar-refractivity contribution in [3.05, 3.63) is 35.5 Å². The maximum Gasteiger partial charge on any atom is 0.328 e. The standard InChI is InChI=1S/C13H18O5/c1-8(7-11(14)15)5-4-6-9(2)12(16)10(3)13(17)18/h4-7,10,12,16H,1-3H3,(H,14,15)(H,17,18). The van der Waals surface area contributed by atoms with E-state index in [-0.39, 0.29) is 0 Å². The first-order valence-corrected chi connectivity index (χ1v) is 5.42. The number of hydrogen-bond donors (Lipinski definition) is 3. The normalized spacial score (nSPS) is 16.7. The zero-order valence-electron chi connectivity index (χ0n) is 10.6. The molecule has 0 saturated heterocycles. The van der Waals surface area contributed by atoms with E-state index < -0.39 is 24.0 Å². The van der Waals surface area contributed by atoms with Crippen molar-refractivity contribution >= 4 is 11.9 Å². The molecular weight excluding hydrogens is 236 g/mol. The van der Waals surface area contributed by atoms with E-state index in [4.69, 9.17) is 10.2 Å². The van der Waals surface area contributed by atoms with Gasteiger partial charge in [-0.1, -0.05) is 18.2 Å². The zero-order valence-corrected chi connectivity index (χ0v) is 10.6. The number of rotatable bonds is 6. The summed E-state index contributed by atoms with van der Waals surface area (Å²) in [7, 11) is 0. The van der Waals surface area contributed by atoms with Gasteiger partial charge in [0.15, 0.2) is 0 Å². The second-order valence-electron chi connectivity index (χ2n) is 4.07. The van der Waals surface area contributed by atoms with Crippen molar-refractivity contribution in [3.63, 3.8) is 0 Å². The molecule has 0 aliphatic rings. The largest absolute Gasteiger partial charge is 0.481 e. The predicted octanol–water partition coefficient (Wildman–Crippen LogP) is 1.60. The second kappa shape index (κ2) is 7.45. The summed E-state index contributed by atoms with van der Waals surface area (Å²) < 4.78 is 0. The van der Waals surface area contributed by atoms with Crippen LogP contribution in [0.25, 0.3) is 0 Å². The quantitative estimate of drug-likeness (QED) is 0.494. The maximum atomic E-state index is 10.7. The molecule has 0 heterocycles. The Hall–Kier alpha value is -1.88. The fourth-order valence-electron chi connectivity index (χ4n) is 1.22. The van der Waals surface area contributed by atoms with Crippen molar-refractivity contribution in [2.75, 3.05) is 0 Å². The molecule has 5 heteroatoms. The number of aliphatic carboxylic acids is 2. The number of allylic oxidation sites excluding steroid dienone is 4. The highest BCUT2D eigenvalue weighted by molar-refractivity contribution is 5.81. The second-order valence-corrected chi connectivity index (χ2v) is 4.07. The van der Waals surface area contributed by atoms with E-state index >= 15 is 0 Å². The van der Waals surface area contributed by atoms with Gasteiger partial charge in [-0.15, -0.1) is 0 Å². The number of carboxylic acids is 2. The first-order chi connectivity index (χ1) is 8.25. The van der Waals surface area contributed by atoms with Crippen LogP contribution in [0.2, 0.25) is 0 Å². The third kappa shape index (κ3) is 6.00. The van der Waals surface area contributed by atoms with Gasteiger partial charge in [0.25, 0.3) is 0 Å². The average molecular weight is 254 g/mol. The van der Waals surface area contributed by atoms with Crippen molar-refractivity contribution in [1.29, 1.82) is 0 Å². The van der Waals surface area contributed by atoms with E-state index in [0.29, 0.717) is 11.1 Å². The monoisotopic (exact) mass is 254 g/mol. The first-order valence-electron chi connectivity index (χ1n) is 5.42. The molecule has 2 atom stereocenters. The van der Waals surface area contributed by atoms with Gasteiger partial charge in [0, 0.05) is 6.08 Å². The summed E-state index contributed by atoms with van der Waals surface area (Å²) in [5.41, 5.74) is 1.05. The Morgan fingerprint density at radius 3 is 2.17 bits per heavy atom. The molecule has 0 bridgehead atoms. The van der Waals surface area contributed by atoms with E-state index in [1.807, 2.05) is 0 Å². The minimum Gasteiger partial charge on any atom is -0.481 e. The zero-order chi connectivity index (χ0) is 14.3. The molecule has 0 saturated carbocycles. The molecule has 0 rings (SSSR count). The summed E-state index contributed by atoms with van der Waals surface area (Å²) in [5, 5.41) is 26.9. The summed E-state index contributed by atoms with van der Waals surface area (Å²) in [4.78, 5) is 21.0. The van der Waals surface area contributed by atoms with E-state index in [1.165, 1.54) is 6.92 Å². The molecule has 0 amide bonds. The Kier molecular flexibility index (Phi) is 6.67. The minimum absolute atomic E-state index is 0.504. The lowest BCUT2D eigenvalue weighted by molar-refractivity contribution is -0.144. The highest BCUT2D eigenvalue weighted by atomic mass is 16.4. The lowest BCUT2D eigenvalue weighted by Gasteiger charge is -2.14. The van der Waals surface area contributed by atoms with Gasteiger partial charge < -0.3 is 15.3 Å². The van der Waals surface area contributed by atoms with Crippen molar-refractivity contribution in [1.82, 2.24) is 0 Å². The van der Waals surface area contributed by atoms with Crippen LogP contribution >= 0.6 is 0 Å². The van der Waals surface area contributed by atoms with Gasteiger partial charge >= 0.3 is 11.9 Å². The number of aliphatic hydroxyl groups is 1. The molecule has 2 unspecified atom stereocenters. The van der Waals surface area contributed by atoms with Gasteiger partial charge in [0.1, 0.15) is 0 Å². The molecule has 0 radical (unpaired) electrons. The topological polar surface area (TPSA) is 94.8 Å². The average Bonchev–Trinajstić information content (AvgIpc) is 2.25. The van der Waals surface area contributed by atoms with Crippen molar-refractivity contribution < 1.29 is 24.9 Å². The Morgan fingerprint density at radius 2 is 1.72 bits per heavy atom. The van der Waals surface area contributed by atoms with Crippen LogP contribution in [0.15, 0.2) is 35.5 Å². The molecule has 0 spiro atoms. The van der Waals surface area contributed by atoms with Gasteiger partial charge in [0.05, 0.1) is 12.0 Å². The molecular formula is C13H18O5. The Bertz CT molecular complexity index is 404. The number of hydrogen-bond acceptors (Lipinski definition) is 3. The van der Waals surface area contributed by atoms with Gasteiger partial charge in [-0.3, -0.25) is 4.79 Å². The molecule has 0 aliphatic heterocycles. The Labute approximate surface area is 106 Å². The van der Waals surface area contributed by atoms with Gasteiger partial charge in [-0.2, -0.15) is 0 Å². The fraction of sp³-hybridized carbons (Fsp3) is 0.385. The van der Waals surface area contributed by atoms with Crippen LogP contribution in [0.1, 0.15) is 20.8 Å². The summed E-state index contributed by atoms with van der Waals surface area (Å²) in [6, 6.07) is 0. The summed E-state index contributed by atoms with van der Waals surface area (Å²) in [6.07, 6.45) is 4.69. The van der Waals surface area contributed by atoms with Crippen LogP contribution in [0.3, 0.4) is 0 Å². The van der Waals surface area contributed by atoms with Gasteiger partial charge in [-0.25, -0.2) is 4.79 Å². The number of aliphatic hydroxyl groups excluding tert-OH is 1. The molecule has 0 aromatic rings. The van der Waals surface area contributed by atoms with Crippen LogP contribution in [0, 0.1) is 5.92 Å². The molecule has 0 aromatic heterocycles. The van der Waals surface area contributed by atoms with Crippen LogP contribution < -0.4 is 0 Å². The summed E-state index contributed by atoms with van der Waals surface area (Å²) in [6.45, 7) is 4.67. The van der Waals surface area contributed by atoms with Crippen molar-refractivity contribution in [3.8, 4) is 0 Å². The Balaban J connectivity index is 4.66.